The van der Waals surface area contributed by atoms with Crippen molar-refractivity contribution < 1.29 is 167 Å². The van der Waals surface area contributed by atoms with Gasteiger partial charge in [-0.15, -0.1) is 0 Å². The number of rotatable bonds is 7. The number of phenols is 1. The number of nitrogens with one attached hydrogen (secondary N) is 1. The first kappa shape index (κ1) is 82.8. The molecular formula is C80H64Br4Cs2FN16O5+. The number of aromatic amines is 1. The monoisotopic (exact) mass is 1930 g/mol. The summed E-state index contributed by atoms with van der Waals surface area (Å²) in [5, 5.41) is 38.0. The molecule has 19 rings (SSSR count). The third-order valence-corrected chi connectivity index (χ3v) is 19.0. The molecular weight excluding hydrogens is 1870 g/mol. The van der Waals surface area contributed by atoms with Gasteiger partial charge in [0.25, 0.3) is 1.43 Å². The van der Waals surface area contributed by atoms with E-state index < -0.39 is 0 Å². The first-order valence-electron chi connectivity index (χ1n) is 32.1. The van der Waals surface area contributed by atoms with Crippen molar-refractivity contribution in [3.63, 3.8) is 0 Å². The molecule has 19 aromatic rings. The van der Waals surface area contributed by atoms with Gasteiger partial charge in [-0.1, -0.05) is 69.5 Å². The van der Waals surface area contributed by atoms with Gasteiger partial charge in [0.1, 0.15) is 43.6 Å². The van der Waals surface area contributed by atoms with Gasteiger partial charge in [0, 0.05) is 109 Å². The minimum atomic E-state index is 0. The summed E-state index contributed by atoms with van der Waals surface area (Å²) in [7, 11) is 1.75. The maximum Gasteiger partial charge on any atom is 1.00 e. The Morgan fingerprint density at radius 1 is 0.472 bits per heavy atom. The summed E-state index contributed by atoms with van der Waals surface area (Å²) in [5.74, 6) is 3.20. The minimum Gasteiger partial charge on any atom is -0.508 e. The average molecular weight is 1930 g/mol. The third-order valence-electron chi connectivity index (χ3n) is 16.2. The summed E-state index contributed by atoms with van der Waals surface area (Å²) in [6, 6.07) is 65.7. The molecule has 0 fully saturated rings. The second kappa shape index (κ2) is 39.3. The van der Waals surface area contributed by atoms with Crippen molar-refractivity contribution in [1.82, 2.24) is 78.4 Å². The normalized spacial score (nSPS) is 10.6. The van der Waals surface area contributed by atoms with Crippen LogP contribution in [-0.4, -0.2) is 95.3 Å². The number of ether oxygens (including phenoxy) is 1. The predicted molar refractivity (Wildman–Crippen MR) is 431 cm³/mol. The largest absolute Gasteiger partial charge is 1.00 e. The van der Waals surface area contributed by atoms with Crippen molar-refractivity contribution in [2.24, 2.45) is 0 Å². The quantitative estimate of drug-likeness (QED) is 0.0335. The van der Waals surface area contributed by atoms with Crippen LogP contribution in [0.3, 0.4) is 0 Å². The number of benzene rings is 4. The van der Waals surface area contributed by atoms with Gasteiger partial charge in [-0.05, 0) is 212 Å². The number of halogens is 5. The number of fused-ring (bicyclic) bond motifs is 18. The number of hydrogen-bond donors (Lipinski definition) is 3. The molecule has 0 saturated heterocycles. The Labute approximate surface area is 771 Å². The molecule has 108 heavy (non-hydrogen) atoms. The van der Waals surface area contributed by atoms with Crippen LogP contribution in [0.15, 0.2) is 268 Å². The minimum absolute atomic E-state index is 0. The van der Waals surface area contributed by atoms with Gasteiger partial charge in [0.15, 0.2) is 0 Å². The summed E-state index contributed by atoms with van der Waals surface area (Å²) in [4.78, 5) is 47.5. The van der Waals surface area contributed by atoms with Crippen LogP contribution in [-0.2, 0) is 9.68 Å². The molecule has 530 valence electrons. The van der Waals surface area contributed by atoms with Gasteiger partial charge in [0.2, 0.25) is 5.88 Å². The molecule has 0 aliphatic rings. The zero-order chi connectivity index (χ0) is 73.1. The Kier molecular flexibility index (Phi) is 30.1. The van der Waals surface area contributed by atoms with Crippen LogP contribution in [0.4, 0.5) is 4.39 Å². The zero-order valence-corrected chi connectivity index (χ0v) is 76.0. The molecule has 0 saturated carbocycles. The SMILES string of the molecule is Brc1ccncc1Br.C.C.Cc1cc(-c2cccc(Br)n2)n[nH]1.Cc1cc2c3nc(Br)ccc3c3ccncc3n2n1.Cc1cc2c3nc(Oc4ccc5c6ccccc6n(-c6ccccn6)c5c4)ccc3c3ccncc3n2n1.Oc1ccc2c3ccccc3n(-c3ccccn3)c2c1.[2H]OOC=O.[CH2-]F.[Cs+].[Cs+]. The molecule has 15 heterocycles. The number of H-pyrrole nitrogens is 1. The number of para-hydroxylation sites is 2. The molecule has 0 bridgehead atoms. The van der Waals surface area contributed by atoms with Crippen molar-refractivity contribution >= 4 is 168 Å². The van der Waals surface area contributed by atoms with Crippen LogP contribution in [0, 0.1) is 27.9 Å². The van der Waals surface area contributed by atoms with E-state index in [1.54, 1.807) is 50.3 Å². The number of carbonyl (C=O) groups excluding carboxylic acids is 1. The standard InChI is InChI=1S/C31H20N6O.C17H12N2O.C14H9BrN4.C9H8BrN3.C5H3Br2N.CH2F.CH2O3.2CH4.2Cs/c1-19-16-27-31-24(23-13-15-32-18-28(23)37(27)35-19)11-12-30(34-31)38-20-9-10-22-21-6-2-3-7-25(21)36(26(22)17-20)29-8-4-5-14-33-29;20-12-8-9-14-13-5-1-2-6-15(13)19(16(14)11-12)17-7-3-4-10-18-17;1-8-6-11-14-10(2-3-13(15)17-14)9-4-5-16-7-12(9)19(11)18-8;1-6-5-8(13-12-6)7-3-2-4-9(10)11-7;6-4-1-2-8-3-5(4)7;1-2;2-1-4-3;;;;/h2-18H,1H3;1-11,20H;2-7H,1H3;2-5H,1H3,(H,12,13);1-3H;1H2;1,3H;2*1H4;;/q;;;;;-1;;;;2*+1/i/hD. The summed E-state index contributed by atoms with van der Waals surface area (Å²) in [5.41, 5.74) is 14.5. The smallest absolute Gasteiger partial charge is 0.508 e. The number of aromatic hydroxyl groups is 1. The molecule has 21 nitrogen and oxygen atoms in total. The maximum atomic E-state index is 9.79. The summed E-state index contributed by atoms with van der Waals surface area (Å²) in [6.07, 6.45) is 14.3. The molecule has 4 aromatic carbocycles. The molecule has 28 heteroatoms. The first-order chi connectivity index (χ1) is 51.3. The number of hydrogen-bond acceptors (Lipinski definition) is 16. The van der Waals surface area contributed by atoms with Crippen LogP contribution < -0.4 is 143 Å². The zero-order valence-electron chi connectivity index (χ0n) is 58.1. The Balaban J connectivity index is 0.000000165. The average Bonchev–Trinajstić information content (AvgIpc) is 1.75. The summed E-state index contributed by atoms with van der Waals surface area (Å²) < 4.78 is 33.0. The molecule has 0 atom stereocenters. The number of aryl methyl sites for hydroxylation is 3. The van der Waals surface area contributed by atoms with Gasteiger partial charge in [0.05, 0.1) is 83.6 Å². The Bertz CT molecular complexity index is 6320. The fourth-order valence-corrected chi connectivity index (χ4v) is 13.2. The third kappa shape index (κ3) is 18.7. The van der Waals surface area contributed by atoms with E-state index >= 15 is 0 Å². The molecule has 0 aliphatic carbocycles. The van der Waals surface area contributed by atoms with Crippen LogP contribution in [0.25, 0.3) is 123 Å². The van der Waals surface area contributed by atoms with Gasteiger partial charge in [-0.25, -0.2) is 39.2 Å². The number of aromatic nitrogens is 16. The Morgan fingerprint density at radius 3 is 1.50 bits per heavy atom. The van der Waals surface area contributed by atoms with E-state index in [4.69, 9.17) is 15.9 Å². The molecule has 0 amide bonds. The summed E-state index contributed by atoms with van der Waals surface area (Å²) in [6.45, 7) is 5.96. The van der Waals surface area contributed by atoms with Gasteiger partial charge >= 0.3 is 144 Å². The van der Waals surface area contributed by atoms with Crippen LogP contribution in [0.1, 0.15) is 31.9 Å². The number of nitrogens with zero attached hydrogens (tertiary/aromatic N) is 15. The van der Waals surface area contributed by atoms with Crippen molar-refractivity contribution in [2.75, 3.05) is 0 Å². The summed E-state index contributed by atoms with van der Waals surface area (Å²) >= 11 is 13.3. The fraction of sp³-hybridized carbons (Fsp3) is 0.0625. The van der Waals surface area contributed by atoms with Gasteiger partial charge in [-0.2, -0.15) is 22.5 Å². The van der Waals surface area contributed by atoms with Crippen molar-refractivity contribution in [3.8, 4) is 40.4 Å². The van der Waals surface area contributed by atoms with Crippen LogP contribution in [0.2, 0.25) is 0 Å². The molecule has 0 radical (unpaired) electrons. The number of pyridine rings is 10. The van der Waals surface area contributed by atoms with E-state index in [0.29, 0.717) is 11.6 Å². The van der Waals surface area contributed by atoms with Gasteiger partial charge in [-0.3, -0.25) is 34.0 Å². The molecule has 0 aliphatic heterocycles. The molecule has 0 unspecified atom stereocenters. The van der Waals surface area contributed by atoms with Crippen molar-refractivity contribution in [2.45, 2.75) is 35.6 Å². The Hall–Kier alpha value is -7.71. The van der Waals surface area contributed by atoms with E-state index in [9.17, 15) is 9.50 Å². The van der Waals surface area contributed by atoms with E-state index in [2.05, 4.69) is 199 Å². The molecule has 15 aromatic heterocycles. The van der Waals surface area contributed by atoms with Crippen molar-refractivity contribution in [3.05, 3.63) is 292 Å². The van der Waals surface area contributed by atoms with Gasteiger partial charge < -0.3 is 19.1 Å². The van der Waals surface area contributed by atoms with Crippen LogP contribution >= 0.6 is 63.7 Å². The maximum absolute atomic E-state index is 9.79. The number of carbonyl (C=O) groups is 1. The van der Waals surface area contributed by atoms with Crippen molar-refractivity contribution in [1.29, 1.82) is 1.43 Å². The molecule has 3 N–H and O–H groups in total. The Morgan fingerprint density at radius 2 is 0.981 bits per heavy atom. The fourth-order valence-electron chi connectivity index (χ4n) is 12.0. The van der Waals surface area contributed by atoms with E-state index in [0.717, 1.165) is 151 Å². The number of phenolic OH excluding ortho intramolecular Hbond substituents is 1. The van der Waals surface area contributed by atoms with E-state index in [1.165, 1.54) is 5.39 Å². The van der Waals surface area contributed by atoms with E-state index in [1.807, 2.05) is 176 Å². The van der Waals surface area contributed by atoms with Crippen LogP contribution in [0.5, 0.6) is 17.4 Å². The first-order valence-corrected chi connectivity index (χ1v) is 34.8. The second-order valence-corrected chi connectivity index (χ2v) is 26.2. The predicted octanol–water partition coefficient (Wildman–Crippen LogP) is 15.2. The van der Waals surface area contributed by atoms with E-state index in [-0.39, 0.29) is 165 Å². The topological polar surface area (TPSA) is 252 Å². The second-order valence-electron chi connectivity index (χ2n) is 22.9. The molecule has 0 spiro atoms.